The third-order valence-electron chi connectivity index (χ3n) is 6.08. The number of hydrogen-bond donors (Lipinski definition) is 0. The first-order valence-corrected chi connectivity index (χ1v) is 13.1. The molecule has 1 aliphatic rings. The number of ether oxygens (including phenoxy) is 3. The zero-order valence-corrected chi connectivity index (χ0v) is 21.7. The number of anilines is 2. The van der Waals surface area contributed by atoms with Crippen molar-refractivity contribution in [1.29, 1.82) is 0 Å². The highest BCUT2D eigenvalue weighted by atomic mass is 32.2. The van der Waals surface area contributed by atoms with Gasteiger partial charge in [0, 0.05) is 36.1 Å². The Morgan fingerprint density at radius 2 is 1.58 bits per heavy atom. The molecule has 1 aromatic heterocycles. The molecule has 13 heteroatoms. The minimum Gasteiger partial charge on any atom is -0.497 e. The van der Waals surface area contributed by atoms with Crippen LogP contribution in [-0.4, -0.2) is 53.6 Å². The molecule has 0 spiro atoms. The van der Waals surface area contributed by atoms with Gasteiger partial charge in [0.1, 0.15) is 33.8 Å². The molecular weight excluding hydrogens is 527 g/mol. The van der Waals surface area contributed by atoms with Gasteiger partial charge in [-0.1, -0.05) is 6.07 Å². The average Bonchev–Trinajstić information content (AvgIpc) is 3.01. The average molecular weight is 552 g/mol. The van der Waals surface area contributed by atoms with E-state index >= 15 is 0 Å². The molecule has 0 fully saturated rings. The lowest BCUT2D eigenvalue weighted by Crippen LogP contribution is -2.43. The summed E-state index contributed by atoms with van der Waals surface area (Å²) in [5.41, 5.74) is -0.252. The summed E-state index contributed by atoms with van der Waals surface area (Å²) >= 11 is 0. The van der Waals surface area contributed by atoms with Crippen molar-refractivity contribution in [2.75, 3.05) is 43.9 Å². The molecule has 0 radical (unpaired) electrons. The summed E-state index contributed by atoms with van der Waals surface area (Å²) in [4.78, 5) is 19.9. The normalized spacial score (nSPS) is 13.7. The molecule has 0 N–H and O–H groups in total. The molecule has 202 valence electrons. The van der Waals surface area contributed by atoms with Crippen molar-refractivity contribution in [3.05, 3.63) is 65.0 Å². The Balaban J connectivity index is 1.89. The molecule has 4 rings (SSSR count). The highest BCUT2D eigenvalue weighted by Crippen LogP contribution is 2.38. The van der Waals surface area contributed by atoms with Gasteiger partial charge in [-0.25, -0.2) is 26.4 Å². The number of rotatable bonds is 7. The summed E-state index contributed by atoms with van der Waals surface area (Å²) in [5.74, 6) is -2.99. The van der Waals surface area contributed by atoms with E-state index in [2.05, 4.69) is 4.98 Å². The fourth-order valence-electron chi connectivity index (χ4n) is 4.21. The number of hydrogen-bond acceptors (Lipinski definition) is 7. The molecule has 9 nitrogen and oxygen atoms in total. The second-order valence-electron chi connectivity index (χ2n) is 8.37. The Morgan fingerprint density at radius 1 is 0.921 bits per heavy atom. The van der Waals surface area contributed by atoms with Crippen LogP contribution in [0.3, 0.4) is 0 Å². The second-order valence-corrected chi connectivity index (χ2v) is 10.4. The quantitative estimate of drug-likeness (QED) is 0.436. The number of amides is 2. The lowest BCUT2D eigenvalue weighted by atomic mass is 10.1. The van der Waals surface area contributed by atoms with Crippen LogP contribution in [-0.2, 0) is 22.8 Å². The van der Waals surface area contributed by atoms with E-state index in [1.165, 1.54) is 39.5 Å². The Labute approximate surface area is 217 Å². The highest BCUT2D eigenvalue weighted by Gasteiger charge is 2.34. The van der Waals surface area contributed by atoms with Crippen molar-refractivity contribution >= 4 is 27.2 Å². The van der Waals surface area contributed by atoms with Crippen LogP contribution in [0.2, 0.25) is 0 Å². The number of methoxy groups -OCH3 is 3. The molecule has 0 unspecified atom stereocenters. The fraction of sp³-hybridized carbons (Fsp3) is 0.280. The van der Waals surface area contributed by atoms with Crippen LogP contribution in [0, 0.1) is 17.5 Å². The summed E-state index contributed by atoms with van der Waals surface area (Å²) in [5, 5.41) is 0. The predicted molar refractivity (Wildman–Crippen MR) is 132 cm³/mol. The maximum absolute atomic E-state index is 14.9. The van der Waals surface area contributed by atoms with E-state index in [9.17, 15) is 26.4 Å². The van der Waals surface area contributed by atoms with E-state index in [1.807, 2.05) is 0 Å². The molecule has 2 heterocycles. The number of benzene rings is 2. The van der Waals surface area contributed by atoms with Crippen LogP contribution >= 0.6 is 0 Å². The Kier molecular flexibility index (Phi) is 7.40. The number of nitrogens with zero attached hydrogens (tertiary/aromatic N) is 3. The molecule has 2 aromatic carbocycles. The van der Waals surface area contributed by atoms with Crippen LogP contribution in [0.15, 0.2) is 41.3 Å². The van der Waals surface area contributed by atoms with Crippen molar-refractivity contribution in [3.8, 4) is 17.5 Å². The van der Waals surface area contributed by atoms with E-state index in [-0.39, 0.29) is 52.3 Å². The van der Waals surface area contributed by atoms with Crippen molar-refractivity contribution < 1.29 is 40.6 Å². The number of fused-ring (bicyclic) bond motifs is 1. The van der Waals surface area contributed by atoms with Crippen molar-refractivity contribution in [1.82, 2.24) is 4.98 Å². The third-order valence-corrected chi connectivity index (χ3v) is 7.17. The van der Waals surface area contributed by atoms with E-state index in [0.717, 1.165) is 34.3 Å². The van der Waals surface area contributed by atoms with Gasteiger partial charge in [0.25, 0.3) is 0 Å². The van der Waals surface area contributed by atoms with E-state index < -0.39 is 45.4 Å². The minimum atomic E-state index is -3.86. The van der Waals surface area contributed by atoms with Crippen LogP contribution in [0.5, 0.6) is 17.5 Å². The fourth-order valence-corrected chi connectivity index (χ4v) is 4.98. The zero-order valence-electron chi connectivity index (χ0n) is 20.9. The lowest BCUT2D eigenvalue weighted by molar-refractivity contribution is 0.251. The summed E-state index contributed by atoms with van der Waals surface area (Å²) in [6, 6.07) is 6.35. The predicted octanol–water partition coefficient (Wildman–Crippen LogP) is 4.12. The molecule has 0 saturated carbocycles. The SMILES string of the molecule is COc1cc(F)c(CN2C(=O)N(c3cc(S(C)(=O)=O)c(OC)nc3OC)CCc3c(F)cccc32)c(F)c1. The molecule has 0 aliphatic carbocycles. The maximum atomic E-state index is 14.9. The molecule has 2 amide bonds. The van der Waals surface area contributed by atoms with Gasteiger partial charge < -0.3 is 14.2 Å². The van der Waals surface area contributed by atoms with E-state index in [0.29, 0.717) is 0 Å². The monoisotopic (exact) mass is 551 g/mol. The number of pyridine rings is 1. The van der Waals surface area contributed by atoms with Crippen molar-refractivity contribution in [2.45, 2.75) is 17.9 Å². The first-order chi connectivity index (χ1) is 18.0. The number of aromatic nitrogens is 1. The van der Waals surface area contributed by atoms with Gasteiger partial charge in [0.15, 0.2) is 9.84 Å². The number of carbonyl (C=O) groups excluding carboxylic acids is 1. The lowest BCUT2D eigenvalue weighted by Gasteiger charge is -2.29. The molecule has 38 heavy (non-hydrogen) atoms. The van der Waals surface area contributed by atoms with E-state index in [1.54, 1.807) is 0 Å². The van der Waals surface area contributed by atoms with E-state index in [4.69, 9.17) is 14.2 Å². The van der Waals surface area contributed by atoms with Crippen LogP contribution < -0.4 is 24.0 Å². The molecule has 0 atom stereocenters. The minimum absolute atomic E-state index is 0.00121. The maximum Gasteiger partial charge on any atom is 0.329 e. The number of urea groups is 1. The summed E-state index contributed by atoms with van der Waals surface area (Å²) < 4.78 is 84.8. The number of carbonyl (C=O) groups is 1. The summed E-state index contributed by atoms with van der Waals surface area (Å²) in [7, 11) is -0.116. The summed E-state index contributed by atoms with van der Waals surface area (Å²) in [6.45, 7) is -0.720. The molecule has 0 saturated heterocycles. The molecule has 0 bridgehead atoms. The largest absolute Gasteiger partial charge is 0.497 e. The Bertz CT molecular complexity index is 1490. The standard InChI is InChI=1S/C25H24F3N3O6S/c1-35-14-10-18(27)16(19(28)11-14)13-31-20-7-5-6-17(26)15(20)8-9-30(25(31)32)21-12-22(38(4,33)34)24(37-3)29-23(21)36-2/h5-7,10-12H,8-9,13H2,1-4H3. The van der Waals surface area contributed by atoms with Gasteiger partial charge in [-0.15, -0.1) is 0 Å². The van der Waals surface area contributed by atoms with Gasteiger partial charge in [-0.2, -0.15) is 4.98 Å². The van der Waals surface area contributed by atoms with Crippen molar-refractivity contribution in [3.63, 3.8) is 0 Å². The van der Waals surface area contributed by atoms with Crippen LogP contribution in [0.25, 0.3) is 0 Å². The first kappa shape index (κ1) is 27.0. The second kappa shape index (κ2) is 10.4. The molecule has 3 aromatic rings. The van der Waals surface area contributed by atoms with Gasteiger partial charge >= 0.3 is 6.03 Å². The zero-order chi connectivity index (χ0) is 27.8. The smallest absolute Gasteiger partial charge is 0.329 e. The highest BCUT2D eigenvalue weighted by molar-refractivity contribution is 7.90. The third kappa shape index (κ3) is 4.93. The number of halogens is 3. The van der Waals surface area contributed by atoms with Crippen LogP contribution in [0.1, 0.15) is 11.1 Å². The van der Waals surface area contributed by atoms with Crippen molar-refractivity contribution in [2.24, 2.45) is 0 Å². The Morgan fingerprint density at radius 3 is 2.16 bits per heavy atom. The molecule has 1 aliphatic heterocycles. The van der Waals surface area contributed by atoms with Crippen LogP contribution in [0.4, 0.5) is 29.3 Å². The van der Waals surface area contributed by atoms with Gasteiger partial charge in [0.2, 0.25) is 11.8 Å². The Hall–Kier alpha value is -4.00. The van der Waals surface area contributed by atoms with Gasteiger partial charge in [0.05, 0.1) is 33.6 Å². The summed E-state index contributed by atoms with van der Waals surface area (Å²) in [6.07, 6.45) is 0.945. The molecular formula is C25H24F3N3O6S. The van der Waals surface area contributed by atoms with Gasteiger partial charge in [-0.05, 0) is 24.6 Å². The first-order valence-electron chi connectivity index (χ1n) is 11.2. The number of sulfone groups is 1. The topological polar surface area (TPSA) is 98.3 Å². The van der Waals surface area contributed by atoms with Gasteiger partial charge in [-0.3, -0.25) is 9.80 Å².